The van der Waals surface area contributed by atoms with Crippen LogP contribution in [0.5, 0.6) is 0 Å². The number of anilines is 1. The van der Waals surface area contributed by atoms with Crippen LogP contribution in [0.1, 0.15) is 11.1 Å². The van der Waals surface area contributed by atoms with Gasteiger partial charge in [-0.3, -0.25) is 5.43 Å². The average molecular weight is 245 g/mol. The van der Waals surface area contributed by atoms with Crippen LogP contribution in [0.25, 0.3) is 0 Å². The number of hydrogen-bond donors (Lipinski definition) is 1. The first-order chi connectivity index (χ1) is 8.24. The van der Waals surface area contributed by atoms with Crippen molar-refractivity contribution in [1.29, 1.82) is 0 Å². The molecular formula is C14H13ClN2. The van der Waals surface area contributed by atoms with E-state index in [1.165, 1.54) is 5.56 Å². The van der Waals surface area contributed by atoms with E-state index in [1.807, 2.05) is 36.4 Å². The molecule has 0 spiro atoms. The van der Waals surface area contributed by atoms with Gasteiger partial charge in [0, 0.05) is 5.02 Å². The van der Waals surface area contributed by atoms with Crippen LogP contribution in [-0.2, 0) is 0 Å². The summed E-state index contributed by atoms with van der Waals surface area (Å²) < 4.78 is 0. The number of rotatable bonds is 3. The van der Waals surface area contributed by atoms with Crippen LogP contribution < -0.4 is 5.43 Å². The highest BCUT2D eigenvalue weighted by molar-refractivity contribution is 6.30. The van der Waals surface area contributed by atoms with Crippen LogP contribution in [0, 0.1) is 6.92 Å². The van der Waals surface area contributed by atoms with E-state index in [-0.39, 0.29) is 0 Å². The summed E-state index contributed by atoms with van der Waals surface area (Å²) in [6, 6.07) is 15.6. The third-order valence-electron chi connectivity index (χ3n) is 2.31. The van der Waals surface area contributed by atoms with E-state index in [0.717, 1.165) is 11.3 Å². The van der Waals surface area contributed by atoms with Crippen molar-refractivity contribution in [2.75, 3.05) is 5.43 Å². The molecule has 0 amide bonds. The van der Waals surface area contributed by atoms with Crippen LogP contribution in [-0.4, -0.2) is 6.21 Å². The topological polar surface area (TPSA) is 24.4 Å². The highest BCUT2D eigenvalue weighted by Crippen LogP contribution is 2.14. The van der Waals surface area contributed by atoms with E-state index in [1.54, 1.807) is 6.21 Å². The minimum Gasteiger partial charge on any atom is -0.278 e. The molecule has 0 fully saturated rings. The van der Waals surface area contributed by atoms with Crippen LogP contribution in [0.15, 0.2) is 53.6 Å². The minimum absolute atomic E-state index is 0.695. The third kappa shape index (κ3) is 3.61. The number of benzene rings is 2. The predicted octanol–water partition coefficient (Wildman–Crippen LogP) is 4.09. The SMILES string of the molecule is Cc1ccc(/C=N/Nc2cccc(Cl)c2)cc1. The Morgan fingerprint density at radius 3 is 2.59 bits per heavy atom. The van der Waals surface area contributed by atoms with Crippen molar-refractivity contribution >= 4 is 23.5 Å². The van der Waals surface area contributed by atoms with Gasteiger partial charge in [0.1, 0.15) is 0 Å². The number of hydrogen-bond acceptors (Lipinski definition) is 2. The van der Waals surface area contributed by atoms with Crippen LogP contribution in [0.3, 0.4) is 0 Å². The van der Waals surface area contributed by atoms with Gasteiger partial charge in [-0.25, -0.2) is 0 Å². The smallest absolute Gasteiger partial charge is 0.0576 e. The van der Waals surface area contributed by atoms with Crippen LogP contribution >= 0.6 is 11.6 Å². The lowest BCUT2D eigenvalue weighted by molar-refractivity contribution is 1.35. The Morgan fingerprint density at radius 2 is 1.88 bits per heavy atom. The number of aryl methyl sites for hydroxylation is 1. The molecule has 0 aliphatic heterocycles. The highest BCUT2D eigenvalue weighted by atomic mass is 35.5. The second-order valence-electron chi connectivity index (χ2n) is 3.79. The summed E-state index contributed by atoms with van der Waals surface area (Å²) in [5.74, 6) is 0. The molecule has 1 N–H and O–H groups in total. The normalized spacial score (nSPS) is 10.7. The van der Waals surface area contributed by atoms with Crippen molar-refractivity contribution in [2.45, 2.75) is 6.92 Å². The Bertz CT molecular complexity index is 518. The standard InChI is InChI=1S/C14H13ClN2/c1-11-5-7-12(8-6-11)10-16-17-14-4-2-3-13(15)9-14/h2-10,17H,1H3/b16-10+. The van der Waals surface area contributed by atoms with E-state index in [9.17, 15) is 0 Å². The predicted molar refractivity (Wildman–Crippen MR) is 73.8 cm³/mol. The maximum Gasteiger partial charge on any atom is 0.0576 e. The lowest BCUT2D eigenvalue weighted by atomic mass is 10.2. The Morgan fingerprint density at radius 1 is 1.12 bits per heavy atom. The molecular weight excluding hydrogens is 232 g/mol. The van der Waals surface area contributed by atoms with Gasteiger partial charge in [0.05, 0.1) is 11.9 Å². The van der Waals surface area contributed by atoms with Crippen molar-refractivity contribution in [3.8, 4) is 0 Å². The summed E-state index contributed by atoms with van der Waals surface area (Å²) in [5.41, 5.74) is 6.11. The van der Waals surface area contributed by atoms with E-state index in [4.69, 9.17) is 11.6 Å². The first kappa shape index (κ1) is 11.7. The van der Waals surface area contributed by atoms with E-state index in [2.05, 4.69) is 29.6 Å². The molecule has 0 atom stereocenters. The molecule has 0 unspecified atom stereocenters. The van der Waals surface area contributed by atoms with Crippen LogP contribution in [0.4, 0.5) is 5.69 Å². The molecule has 0 bridgehead atoms. The Labute approximate surface area is 106 Å². The monoisotopic (exact) mass is 244 g/mol. The first-order valence-corrected chi connectivity index (χ1v) is 5.73. The number of halogens is 1. The summed E-state index contributed by atoms with van der Waals surface area (Å²) in [4.78, 5) is 0. The molecule has 3 heteroatoms. The fourth-order valence-corrected chi connectivity index (χ4v) is 1.58. The van der Waals surface area contributed by atoms with Gasteiger partial charge in [-0.1, -0.05) is 47.5 Å². The number of nitrogens with one attached hydrogen (secondary N) is 1. The van der Waals surface area contributed by atoms with Crippen molar-refractivity contribution in [1.82, 2.24) is 0 Å². The fourth-order valence-electron chi connectivity index (χ4n) is 1.39. The zero-order valence-corrected chi connectivity index (χ0v) is 10.3. The quantitative estimate of drug-likeness (QED) is 0.638. The molecule has 0 saturated carbocycles. The lowest BCUT2D eigenvalue weighted by Crippen LogP contribution is -1.90. The Kier molecular flexibility index (Phi) is 3.78. The fraction of sp³-hybridized carbons (Fsp3) is 0.0714. The van der Waals surface area contributed by atoms with Gasteiger partial charge in [0.25, 0.3) is 0 Å². The Balaban J connectivity index is 2.00. The van der Waals surface area contributed by atoms with Gasteiger partial charge in [0.15, 0.2) is 0 Å². The number of nitrogens with zero attached hydrogens (tertiary/aromatic N) is 1. The van der Waals surface area contributed by atoms with Gasteiger partial charge in [0.2, 0.25) is 0 Å². The summed E-state index contributed by atoms with van der Waals surface area (Å²) in [6.07, 6.45) is 1.78. The Hall–Kier alpha value is -1.80. The molecule has 0 radical (unpaired) electrons. The van der Waals surface area contributed by atoms with Gasteiger partial charge < -0.3 is 0 Å². The molecule has 0 aliphatic rings. The van der Waals surface area contributed by atoms with Crippen molar-refractivity contribution < 1.29 is 0 Å². The van der Waals surface area contributed by atoms with Crippen molar-refractivity contribution in [2.24, 2.45) is 5.10 Å². The second kappa shape index (κ2) is 5.51. The van der Waals surface area contributed by atoms with Crippen molar-refractivity contribution in [3.63, 3.8) is 0 Å². The van der Waals surface area contributed by atoms with E-state index >= 15 is 0 Å². The average Bonchev–Trinajstić information content (AvgIpc) is 2.32. The number of hydrazone groups is 1. The maximum atomic E-state index is 5.87. The molecule has 2 aromatic rings. The molecule has 17 heavy (non-hydrogen) atoms. The summed E-state index contributed by atoms with van der Waals surface area (Å²) in [6.45, 7) is 2.06. The minimum atomic E-state index is 0.695. The molecule has 2 rings (SSSR count). The van der Waals surface area contributed by atoms with E-state index in [0.29, 0.717) is 5.02 Å². The zero-order chi connectivity index (χ0) is 12.1. The molecule has 86 valence electrons. The van der Waals surface area contributed by atoms with Crippen molar-refractivity contribution in [3.05, 3.63) is 64.7 Å². The van der Waals surface area contributed by atoms with E-state index < -0.39 is 0 Å². The molecule has 2 nitrogen and oxygen atoms in total. The zero-order valence-electron chi connectivity index (χ0n) is 9.52. The largest absolute Gasteiger partial charge is 0.278 e. The lowest BCUT2D eigenvalue weighted by Gasteiger charge is -2.00. The molecule has 0 saturated heterocycles. The molecule has 2 aromatic carbocycles. The van der Waals surface area contributed by atoms with Gasteiger partial charge in [-0.2, -0.15) is 5.10 Å². The summed E-state index contributed by atoms with van der Waals surface area (Å²) in [7, 11) is 0. The van der Waals surface area contributed by atoms with Crippen LogP contribution in [0.2, 0.25) is 5.02 Å². The highest BCUT2D eigenvalue weighted by Gasteiger charge is 1.91. The third-order valence-corrected chi connectivity index (χ3v) is 2.54. The van der Waals surface area contributed by atoms with Gasteiger partial charge in [-0.15, -0.1) is 0 Å². The maximum absolute atomic E-state index is 5.87. The molecule has 0 heterocycles. The first-order valence-electron chi connectivity index (χ1n) is 5.35. The van der Waals surface area contributed by atoms with Gasteiger partial charge in [-0.05, 0) is 30.7 Å². The molecule has 0 aromatic heterocycles. The second-order valence-corrected chi connectivity index (χ2v) is 4.23. The summed E-state index contributed by atoms with van der Waals surface area (Å²) >= 11 is 5.87. The van der Waals surface area contributed by atoms with Gasteiger partial charge >= 0.3 is 0 Å². The molecule has 0 aliphatic carbocycles. The summed E-state index contributed by atoms with van der Waals surface area (Å²) in [5, 5.41) is 4.84.